The molecular formula is C22H23N5O2. The van der Waals surface area contributed by atoms with E-state index in [1.165, 1.54) is 5.69 Å². The largest absolute Gasteiger partial charge is 0.497 e. The van der Waals surface area contributed by atoms with Gasteiger partial charge >= 0.3 is 0 Å². The highest BCUT2D eigenvalue weighted by Gasteiger charge is 2.22. The molecule has 1 aliphatic rings. The molecule has 0 unspecified atom stereocenters. The number of piperazine rings is 1. The lowest BCUT2D eigenvalue weighted by Gasteiger charge is -2.36. The third kappa shape index (κ3) is 3.08. The lowest BCUT2D eigenvalue weighted by Crippen LogP contribution is -2.46. The number of benzene rings is 2. The fourth-order valence-electron chi connectivity index (χ4n) is 4.00. The van der Waals surface area contributed by atoms with Crippen molar-refractivity contribution < 1.29 is 9.47 Å². The number of nitrogens with one attached hydrogen (secondary N) is 1. The second kappa shape index (κ2) is 7.16. The molecule has 0 amide bonds. The molecule has 0 bridgehead atoms. The molecule has 0 radical (unpaired) electrons. The smallest absolute Gasteiger partial charge is 0.156 e. The van der Waals surface area contributed by atoms with Crippen LogP contribution in [-0.2, 0) is 0 Å². The third-order valence-corrected chi connectivity index (χ3v) is 5.59. The molecule has 3 heterocycles. The number of H-pyrrole nitrogens is 1. The molecule has 0 saturated carbocycles. The minimum Gasteiger partial charge on any atom is -0.497 e. The van der Waals surface area contributed by atoms with Gasteiger partial charge in [0.1, 0.15) is 28.9 Å². The van der Waals surface area contributed by atoms with E-state index in [9.17, 15) is 0 Å². The van der Waals surface area contributed by atoms with Gasteiger partial charge in [-0.3, -0.25) is 0 Å². The van der Waals surface area contributed by atoms with Crippen molar-refractivity contribution in [3.8, 4) is 11.5 Å². The van der Waals surface area contributed by atoms with E-state index in [4.69, 9.17) is 9.47 Å². The van der Waals surface area contributed by atoms with Gasteiger partial charge in [-0.1, -0.05) is 0 Å². The molecule has 2 aromatic heterocycles. The Morgan fingerprint density at radius 3 is 2.24 bits per heavy atom. The van der Waals surface area contributed by atoms with E-state index in [2.05, 4.69) is 36.9 Å². The number of rotatable bonds is 4. The van der Waals surface area contributed by atoms with Crippen molar-refractivity contribution in [2.75, 3.05) is 50.2 Å². The van der Waals surface area contributed by atoms with Crippen LogP contribution >= 0.6 is 0 Å². The fourth-order valence-corrected chi connectivity index (χ4v) is 4.00. The summed E-state index contributed by atoms with van der Waals surface area (Å²) in [6.07, 6.45) is 1.66. The van der Waals surface area contributed by atoms with Crippen LogP contribution in [0.1, 0.15) is 0 Å². The minimum absolute atomic E-state index is 0.826. The number of aromatic amines is 1. The zero-order valence-corrected chi connectivity index (χ0v) is 16.6. The molecule has 1 aliphatic heterocycles. The Morgan fingerprint density at radius 1 is 0.828 bits per heavy atom. The molecule has 7 heteroatoms. The van der Waals surface area contributed by atoms with Gasteiger partial charge in [0.05, 0.1) is 19.7 Å². The number of nitrogens with zero attached hydrogens (tertiary/aromatic N) is 4. The molecule has 148 valence electrons. The van der Waals surface area contributed by atoms with Crippen molar-refractivity contribution in [3.63, 3.8) is 0 Å². The van der Waals surface area contributed by atoms with Gasteiger partial charge < -0.3 is 24.3 Å². The number of hydrogen-bond acceptors (Lipinski definition) is 6. The van der Waals surface area contributed by atoms with Gasteiger partial charge in [-0.25, -0.2) is 9.97 Å². The van der Waals surface area contributed by atoms with Gasteiger partial charge in [0.2, 0.25) is 0 Å². The monoisotopic (exact) mass is 389 g/mol. The van der Waals surface area contributed by atoms with Crippen LogP contribution in [0.3, 0.4) is 0 Å². The quantitative estimate of drug-likeness (QED) is 0.577. The van der Waals surface area contributed by atoms with E-state index in [1.807, 2.05) is 30.3 Å². The number of ether oxygens (including phenoxy) is 2. The first-order chi connectivity index (χ1) is 14.3. The number of methoxy groups -OCH3 is 2. The van der Waals surface area contributed by atoms with Crippen LogP contribution in [-0.4, -0.2) is 55.4 Å². The first-order valence-electron chi connectivity index (χ1n) is 9.71. The maximum Gasteiger partial charge on any atom is 0.156 e. The van der Waals surface area contributed by atoms with Crippen LogP contribution in [0.25, 0.3) is 21.9 Å². The van der Waals surface area contributed by atoms with Gasteiger partial charge in [-0.2, -0.15) is 0 Å². The van der Waals surface area contributed by atoms with Crippen molar-refractivity contribution in [3.05, 3.63) is 48.8 Å². The van der Waals surface area contributed by atoms with Crippen molar-refractivity contribution in [1.29, 1.82) is 0 Å². The van der Waals surface area contributed by atoms with Crippen molar-refractivity contribution >= 4 is 33.4 Å². The summed E-state index contributed by atoms with van der Waals surface area (Å²) in [6.45, 7) is 3.67. The normalized spacial score (nSPS) is 14.6. The molecule has 2 aromatic carbocycles. The number of anilines is 2. The van der Waals surface area contributed by atoms with Crippen molar-refractivity contribution in [2.24, 2.45) is 0 Å². The van der Waals surface area contributed by atoms with Crippen molar-refractivity contribution in [2.45, 2.75) is 0 Å². The maximum atomic E-state index is 5.35. The Kier molecular flexibility index (Phi) is 4.35. The predicted molar refractivity (Wildman–Crippen MR) is 115 cm³/mol. The zero-order valence-electron chi connectivity index (χ0n) is 16.6. The first kappa shape index (κ1) is 17.6. The Bertz CT molecular complexity index is 1150. The maximum absolute atomic E-state index is 5.35. The Labute approximate surface area is 168 Å². The average Bonchev–Trinajstić information content (AvgIpc) is 3.17. The van der Waals surface area contributed by atoms with E-state index >= 15 is 0 Å². The third-order valence-electron chi connectivity index (χ3n) is 5.59. The summed E-state index contributed by atoms with van der Waals surface area (Å²) in [5.74, 6) is 2.66. The molecule has 0 spiro atoms. The van der Waals surface area contributed by atoms with E-state index < -0.39 is 0 Å². The SMILES string of the molecule is COc1ccc(N2CCN(c3ncnc4c3[nH]c3cc(OC)ccc34)CC2)cc1. The summed E-state index contributed by atoms with van der Waals surface area (Å²) in [7, 11) is 3.37. The van der Waals surface area contributed by atoms with Crippen LogP contribution in [0.4, 0.5) is 11.5 Å². The molecule has 1 N–H and O–H groups in total. The number of aromatic nitrogens is 3. The molecule has 4 aromatic rings. The summed E-state index contributed by atoms with van der Waals surface area (Å²) >= 11 is 0. The zero-order chi connectivity index (χ0) is 19.8. The van der Waals surface area contributed by atoms with Gasteiger partial charge in [0.25, 0.3) is 0 Å². The van der Waals surface area contributed by atoms with Crippen LogP contribution in [0.15, 0.2) is 48.8 Å². The minimum atomic E-state index is 0.826. The molecule has 5 rings (SSSR count). The fraction of sp³-hybridized carbons (Fsp3) is 0.273. The second-order valence-corrected chi connectivity index (χ2v) is 7.13. The van der Waals surface area contributed by atoms with Crippen LogP contribution in [0.5, 0.6) is 11.5 Å². The Morgan fingerprint density at radius 2 is 1.52 bits per heavy atom. The molecule has 0 aliphatic carbocycles. The Hall–Kier alpha value is -3.48. The van der Waals surface area contributed by atoms with Gasteiger partial charge in [-0.05, 0) is 36.4 Å². The highest BCUT2D eigenvalue weighted by Crippen LogP contribution is 2.32. The van der Waals surface area contributed by atoms with Crippen molar-refractivity contribution in [1.82, 2.24) is 15.0 Å². The number of fused-ring (bicyclic) bond motifs is 3. The van der Waals surface area contributed by atoms with Crippen LogP contribution < -0.4 is 19.3 Å². The lowest BCUT2D eigenvalue weighted by atomic mass is 10.2. The summed E-state index contributed by atoms with van der Waals surface area (Å²) in [4.78, 5) is 17.4. The molecule has 1 fully saturated rings. The topological polar surface area (TPSA) is 66.5 Å². The summed E-state index contributed by atoms with van der Waals surface area (Å²) < 4.78 is 10.6. The lowest BCUT2D eigenvalue weighted by molar-refractivity contribution is 0.415. The van der Waals surface area contributed by atoms with E-state index in [-0.39, 0.29) is 0 Å². The highest BCUT2D eigenvalue weighted by molar-refractivity contribution is 6.08. The average molecular weight is 389 g/mol. The highest BCUT2D eigenvalue weighted by atomic mass is 16.5. The van der Waals surface area contributed by atoms with Gasteiger partial charge in [-0.15, -0.1) is 0 Å². The number of hydrogen-bond donors (Lipinski definition) is 1. The van der Waals surface area contributed by atoms with Crippen LogP contribution in [0, 0.1) is 0 Å². The summed E-state index contributed by atoms with van der Waals surface area (Å²) in [5, 5.41) is 1.08. The standard InChI is InChI=1S/C22H23N5O2/c1-28-16-5-3-15(4-6-16)26-9-11-27(12-10-26)22-21-20(23-14-24-22)18-8-7-17(29-2)13-19(18)25-21/h3-8,13-14,25H,9-12H2,1-2H3. The van der Waals surface area contributed by atoms with E-state index in [0.29, 0.717) is 0 Å². The van der Waals surface area contributed by atoms with E-state index in [1.54, 1.807) is 20.5 Å². The molecule has 7 nitrogen and oxygen atoms in total. The van der Waals surface area contributed by atoms with Gasteiger partial charge in [0, 0.05) is 43.3 Å². The van der Waals surface area contributed by atoms with Gasteiger partial charge in [0.15, 0.2) is 5.82 Å². The molecule has 29 heavy (non-hydrogen) atoms. The second-order valence-electron chi connectivity index (χ2n) is 7.13. The molecule has 1 saturated heterocycles. The summed E-state index contributed by atoms with van der Waals surface area (Å²) in [5.41, 5.74) is 4.16. The summed E-state index contributed by atoms with van der Waals surface area (Å²) in [6, 6.07) is 14.3. The van der Waals surface area contributed by atoms with E-state index in [0.717, 1.165) is 65.4 Å². The molecule has 0 atom stereocenters. The Balaban J connectivity index is 1.41. The molecular weight excluding hydrogens is 366 g/mol. The predicted octanol–water partition coefficient (Wildman–Crippen LogP) is 3.45. The first-order valence-corrected chi connectivity index (χ1v) is 9.71. The van der Waals surface area contributed by atoms with Crippen LogP contribution in [0.2, 0.25) is 0 Å².